The molecule has 1 heterocycles. The van der Waals surface area contributed by atoms with Crippen LogP contribution >= 0.6 is 0 Å². The zero-order valence-corrected chi connectivity index (χ0v) is 21.0. The molecule has 0 aromatic heterocycles. The van der Waals surface area contributed by atoms with Crippen molar-refractivity contribution in [1.82, 2.24) is 10.0 Å². The molecule has 1 unspecified atom stereocenters. The summed E-state index contributed by atoms with van der Waals surface area (Å²) in [5.74, 6) is -1.09. The maximum Gasteiger partial charge on any atom is 0.322 e. The molecule has 1 aliphatic rings. The van der Waals surface area contributed by atoms with Gasteiger partial charge in [0.1, 0.15) is 25.3 Å². The largest absolute Gasteiger partial charge is 0.486 e. The minimum atomic E-state index is -4.11. The first kappa shape index (κ1) is 26.7. The summed E-state index contributed by atoms with van der Waals surface area (Å²) in [6, 6.07) is 15.3. The van der Waals surface area contributed by atoms with Crippen molar-refractivity contribution in [1.29, 1.82) is 0 Å². The first-order chi connectivity index (χ1) is 18.1. The Morgan fingerprint density at radius 1 is 1.05 bits per heavy atom. The Kier molecular flexibility index (Phi) is 7.98. The van der Waals surface area contributed by atoms with Gasteiger partial charge in [-0.3, -0.25) is 9.59 Å². The predicted molar refractivity (Wildman–Crippen MR) is 139 cm³/mol. The molecule has 38 heavy (non-hydrogen) atoms. The molecule has 0 saturated heterocycles. The SMILES string of the molecule is NC(N)=NCC(=O)NCC1COc2cc(C[C@H](NS(=O)(=O)c3ccc4ccccc4c3)C(=O)O)ccc2O1. The number of aliphatic carboxylic acids is 1. The Morgan fingerprint density at radius 3 is 2.55 bits per heavy atom. The fourth-order valence-corrected chi connectivity index (χ4v) is 5.06. The van der Waals surface area contributed by atoms with E-state index < -0.39 is 28.1 Å². The van der Waals surface area contributed by atoms with Crippen molar-refractivity contribution in [2.75, 3.05) is 19.7 Å². The summed E-state index contributed by atoms with van der Waals surface area (Å²) in [4.78, 5) is 27.3. The lowest BCUT2D eigenvalue weighted by atomic mass is 10.1. The predicted octanol–water partition coefficient (Wildman–Crippen LogP) is 0.343. The highest BCUT2D eigenvalue weighted by molar-refractivity contribution is 7.89. The average molecular weight is 542 g/mol. The number of benzene rings is 3. The van der Waals surface area contributed by atoms with Gasteiger partial charge in [0, 0.05) is 0 Å². The number of nitrogens with one attached hydrogen (secondary N) is 2. The Balaban J connectivity index is 1.40. The zero-order valence-electron chi connectivity index (χ0n) is 20.2. The van der Waals surface area contributed by atoms with Crippen LogP contribution in [0.5, 0.6) is 11.5 Å². The van der Waals surface area contributed by atoms with Gasteiger partial charge in [0.25, 0.3) is 0 Å². The van der Waals surface area contributed by atoms with Crippen molar-refractivity contribution in [2.24, 2.45) is 16.5 Å². The number of carbonyl (C=O) groups is 2. The van der Waals surface area contributed by atoms with Gasteiger partial charge in [-0.1, -0.05) is 36.4 Å². The molecule has 7 N–H and O–H groups in total. The number of carboxylic acid groups (broad SMARTS) is 1. The lowest BCUT2D eigenvalue weighted by Crippen LogP contribution is -2.42. The zero-order chi connectivity index (χ0) is 27.3. The van der Waals surface area contributed by atoms with Crippen molar-refractivity contribution < 1.29 is 32.6 Å². The van der Waals surface area contributed by atoms with Crippen molar-refractivity contribution in [3.8, 4) is 11.5 Å². The summed E-state index contributed by atoms with van der Waals surface area (Å²) in [5.41, 5.74) is 10.9. The average Bonchev–Trinajstić information content (AvgIpc) is 2.89. The van der Waals surface area contributed by atoms with Crippen LogP contribution in [0.1, 0.15) is 5.56 Å². The third-order valence-electron chi connectivity index (χ3n) is 5.73. The van der Waals surface area contributed by atoms with E-state index in [1.165, 1.54) is 12.1 Å². The van der Waals surface area contributed by atoms with Crippen molar-refractivity contribution >= 4 is 38.6 Å². The van der Waals surface area contributed by atoms with Gasteiger partial charge in [-0.25, -0.2) is 13.4 Å². The summed E-state index contributed by atoms with van der Waals surface area (Å²) in [5, 5.41) is 14.0. The number of nitrogens with zero attached hydrogens (tertiary/aromatic N) is 1. The number of fused-ring (bicyclic) bond motifs is 2. The van der Waals surface area contributed by atoms with E-state index in [0.717, 1.165) is 10.8 Å². The number of rotatable bonds is 10. The molecule has 200 valence electrons. The second kappa shape index (κ2) is 11.4. The smallest absolute Gasteiger partial charge is 0.322 e. The van der Waals surface area contributed by atoms with Gasteiger partial charge in [0.2, 0.25) is 15.9 Å². The molecular formula is C25H27N5O7S. The van der Waals surface area contributed by atoms with Crippen molar-refractivity contribution in [2.45, 2.75) is 23.5 Å². The minimum absolute atomic E-state index is 0.0268. The quantitative estimate of drug-likeness (QED) is 0.178. The fourth-order valence-electron chi connectivity index (χ4n) is 3.84. The summed E-state index contributed by atoms with van der Waals surface area (Å²) < 4.78 is 39.8. The van der Waals surface area contributed by atoms with Crippen LogP contribution < -0.4 is 31.0 Å². The van der Waals surface area contributed by atoms with Crippen LogP contribution in [-0.2, 0) is 26.0 Å². The topological polar surface area (TPSA) is 195 Å². The molecule has 1 aliphatic heterocycles. The van der Waals surface area contributed by atoms with E-state index in [1.807, 2.05) is 12.1 Å². The number of carbonyl (C=O) groups excluding carboxylic acids is 1. The Bertz CT molecular complexity index is 1490. The number of sulfonamides is 1. The number of ether oxygens (including phenoxy) is 2. The molecule has 0 fully saturated rings. The van der Waals surface area contributed by atoms with E-state index in [-0.39, 0.29) is 42.9 Å². The normalized spacial score (nSPS) is 15.4. The number of amides is 1. The Morgan fingerprint density at radius 2 is 1.82 bits per heavy atom. The monoisotopic (exact) mass is 541 g/mol. The van der Waals surface area contributed by atoms with Gasteiger partial charge < -0.3 is 31.4 Å². The second-order valence-electron chi connectivity index (χ2n) is 8.60. The van der Waals surface area contributed by atoms with E-state index in [9.17, 15) is 23.1 Å². The van der Waals surface area contributed by atoms with Crippen LogP contribution in [0.15, 0.2) is 70.6 Å². The van der Waals surface area contributed by atoms with Crippen LogP contribution in [0.25, 0.3) is 10.8 Å². The highest BCUT2D eigenvalue weighted by atomic mass is 32.2. The number of guanidine groups is 1. The van der Waals surface area contributed by atoms with Gasteiger partial charge in [-0.05, 0) is 47.0 Å². The lowest BCUT2D eigenvalue weighted by Gasteiger charge is -2.27. The Labute approximate surface area is 218 Å². The first-order valence-electron chi connectivity index (χ1n) is 11.6. The third kappa shape index (κ3) is 6.69. The number of carboxylic acids is 1. The molecule has 0 aliphatic carbocycles. The third-order valence-corrected chi connectivity index (χ3v) is 7.19. The van der Waals surface area contributed by atoms with E-state index in [0.29, 0.717) is 17.1 Å². The van der Waals surface area contributed by atoms with Crippen LogP contribution in [-0.4, -0.2) is 63.2 Å². The molecule has 0 spiro atoms. The molecule has 3 aromatic rings. The second-order valence-corrected chi connectivity index (χ2v) is 10.3. The van der Waals surface area contributed by atoms with Crippen molar-refractivity contribution in [3.63, 3.8) is 0 Å². The van der Waals surface area contributed by atoms with Gasteiger partial charge in [-0.15, -0.1) is 0 Å². The van der Waals surface area contributed by atoms with Gasteiger partial charge in [0.05, 0.1) is 11.4 Å². The molecule has 13 heteroatoms. The summed E-state index contributed by atoms with van der Waals surface area (Å²) in [6.07, 6.45) is -0.583. The van der Waals surface area contributed by atoms with Gasteiger partial charge >= 0.3 is 5.97 Å². The van der Waals surface area contributed by atoms with Crippen LogP contribution in [0.3, 0.4) is 0 Å². The molecule has 1 amide bonds. The number of nitrogens with two attached hydrogens (primary N) is 2. The molecule has 2 atom stereocenters. The summed E-state index contributed by atoms with van der Waals surface area (Å²) in [6.45, 7) is 0.0961. The maximum absolute atomic E-state index is 13.0. The maximum atomic E-state index is 13.0. The van der Waals surface area contributed by atoms with E-state index in [4.69, 9.17) is 20.9 Å². The summed E-state index contributed by atoms with van der Waals surface area (Å²) >= 11 is 0. The van der Waals surface area contributed by atoms with Crippen molar-refractivity contribution in [3.05, 3.63) is 66.2 Å². The van der Waals surface area contributed by atoms with Gasteiger partial charge in [0.15, 0.2) is 17.5 Å². The highest BCUT2D eigenvalue weighted by Gasteiger charge is 2.27. The Hall–Kier alpha value is -4.36. The standard InChI is InChI=1S/C25H27N5O7S/c26-25(27)29-13-23(31)28-12-18-14-36-22-10-15(5-8-21(22)37-18)9-20(24(32)33)30-38(34,35)19-7-6-16-3-1-2-4-17(16)11-19/h1-8,10-11,18,20,30H,9,12-14H2,(H,28,31)(H,32,33)(H4,26,27,29)/t18?,20-/m0/s1. The van der Waals surface area contributed by atoms with Crippen LogP contribution in [0.4, 0.5) is 0 Å². The summed E-state index contributed by atoms with van der Waals surface area (Å²) in [7, 11) is -4.11. The van der Waals surface area contributed by atoms with E-state index >= 15 is 0 Å². The molecule has 12 nitrogen and oxygen atoms in total. The molecule has 4 rings (SSSR count). The number of hydrogen-bond acceptors (Lipinski definition) is 7. The lowest BCUT2D eigenvalue weighted by molar-refractivity contribution is -0.139. The van der Waals surface area contributed by atoms with E-state index in [2.05, 4.69) is 15.0 Å². The van der Waals surface area contributed by atoms with Crippen LogP contribution in [0, 0.1) is 0 Å². The fraction of sp³-hybridized carbons (Fsp3) is 0.240. The van der Waals surface area contributed by atoms with E-state index in [1.54, 1.807) is 36.4 Å². The molecule has 3 aromatic carbocycles. The molecule has 0 radical (unpaired) electrons. The first-order valence-corrected chi connectivity index (χ1v) is 13.1. The van der Waals surface area contributed by atoms with Gasteiger partial charge in [-0.2, -0.15) is 4.72 Å². The number of hydrogen-bond donors (Lipinski definition) is 5. The molecule has 0 bridgehead atoms. The highest BCUT2D eigenvalue weighted by Crippen LogP contribution is 2.33. The molecular weight excluding hydrogens is 514 g/mol. The van der Waals surface area contributed by atoms with Crippen LogP contribution in [0.2, 0.25) is 0 Å². The minimum Gasteiger partial charge on any atom is -0.486 e. The molecule has 0 saturated carbocycles. The number of aliphatic imine (C=N–C) groups is 1.